The molecule has 26 heavy (non-hydrogen) atoms. The number of aromatic nitrogens is 4. The largest absolute Gasteiger partial charge is 0.334 e. The van der Waals surface area contributed by atoms with Crippen molar-refractivity contribution in [2.45, 2.75) is 25.4 Å². The second kappa shape index (κ2) is 7.43. The number of hydrogen-bond donors (Lipinski definition) is 1. The Morgan fingerprint density at radius 2 is 2.00 bits per heavy atom. The molecule has 2 amide bonds. The van der Waals surface area contributed by atoms with Crippen LogP contribution in [0.1, 0.15) is 24.4 Å². The van der Waals surface area contributed by atoms with Crippen LogP contribution in [0.5, 0.6) is 0 Å². The zero-order chi connectivity index (χ0) is 17.8. The molecule has 0 radical (unpaired) electrons. The molecular weight excluding hydrogens is 328 g/mol. The SMILES string of the molecule is O=C(Nc1cnn(Cc2ccccc2)c1)N1CCC(n2ccnc2)CC1. The summed E-state index contributed by atoms with van der Waals surface area (Å²) in [5, 5.41) is 7.28. The number of imidazole rings is 1. The van der Waals surface area contributed by atoms with E-state index in [1.807, 2.05) is 46.5 Å². The van der Waals surface area contributed by atoms with Crippen LogP contribution in [0.2, 0.25) is 0 Å². The lowest BCUT2D eigenvalue weighted by molar-refractivity contribution is 0.183. The first-order valence-electron chi connectivity index (χ1n) is 8.88. The molecule has 0 bridgehead atoms. The third-order valence-corrected chi connectivity index (χ3v) is 4.77. The highest BCUT2D eigenvalue weighted by Gasteiger charge is 2.23. The van der Waals surface area contributed by atoms with Gasteiger partial charge in [-0.1, -0.05) is 30.3 Å². The van der Waals surface area contributed by atoms with Crippen LogP contribution >= 0.6 is 0 Å². The highest BCUT2D eigenvalue weighted by molar-refractivity contribution is 5.89. The Kier molecular flexibility index (Phi) is 4.68. The van der Waals surface area contributed by atoms with Crippen molar-refractivity contribution in [1.29, 1.82) is 0 Å². The van der Waals surface area contributed by atoms with Crippen molar-refractivity contribution in [2.75, 3.05) is 18.4 Å². The van der Waals surface area contributed by atoms with Crippen LogP contribution in [-0.2, 0) is 6.54 Å². The van der Waals surface area contributed by atoms with Gasteiger partial charge in [0, 0.05) is 37.7 Å². The Balaban J connectivity index is 1.30. The van der Waals surface area contributed by atoms with Gasteiger partial charge in [-0.3, -0.25) is 4.68 Å². The van der Waals surface area contributed by atoms with Gasteiger partial charge in [0.25, 0.3) is 0 Å². The Morgan fingerprint density at radius 3 is 2.73 bits per heavy atom. The van der Waals surface area contributed by atoms with Gasteiger partial charge in [-0.15, -0.1) is 0 Å². The first-order chi connectivity index (χ1) is 12.8. The number of anilines is 1. The number of piperidine rings is 1. The van der Waals surface area contributed by atoms with Crippen LogP contribution in [0.3, 0.4) is 0 Å². The summed E-state index contributed by atoms with van der Waals surface area (Å²) in [6.45, 7) is 2.17. The Bertz CT molecular complexity index is 834. The fourth-order valence-corrected chi connectivity index (χ4v) is 3.34. The maximum absolute atomic E-state index is 12.5. The van der Waals surface area contributed by atoms with E-state index in [0.717, 1.165) is 31.6 Å². The summed E-state index contributed by atoms with van der Waals surface area (Å²) in [4.78, 5) is 18.5. The first kappa shape index (κ1) is 16.4. The van der Waals surface area contributed by atoms with Gasteiger partial charge in [-0.05, 0) is 18.4 Å². The zero-order valence-corrected chi connectivity index (χ0v) is 14.5. The number of benzene rings is 1. The average molecular weight is 350 g/mol. The molecule has 7 nitrogen and oxygen atoms in total. The standard InChI is InChI=1S/C19H22N6O/c26-19(23-9-6-18(7-10-23)24-11-8-20-15-24)22-17-12-21-25(14-17)13-16-4-2-1-3-5-16/h1-5,8,11-12,14-15,18H,6-7,9-10,13H2,(H,22,26). The fraction of sp³-hybridized carbons (Fsp3) is 0.316. The number of nitrogens with zero attached hydrogens (tertiary/aromatic N) is 5. The molecule has 0 atom stereocenters. The van der Waals surface area contributed by atoms with E-state index in [2.05, 4.69) is 32.1 Å². The molecule has 1 N–H and O–H groups in total. The molecule has 0 unspecified atom stereocenters. The number of hydrogen-bond acceptors (Lipinski definition) is 3. The summed E-state index contributed by atoms with van der Waals surface area (Å²) >= 11 is 0. The second-order valence-corrected chi connectivity index (χ2v) is 6.57. The monoisotopic (exact) mass is 350 g/mol. The second-order valence-electron chi connectivity index (χ2n) is 6.57. The molecule has 0 spiro atoms. The molecule has 3 heterocycles. The van der Waals surface area contributed by atoms with Crippen LogP contribution in [-0.4, -0.2) is 43.4 Å². The Labute approximate surface area is 152 Å². The van der Waals surface area contributed by atoms with Crippen LogP contribution < -0.4 is 5.32 Å². The molecule has 2 aromatic heterocycles. The van der Waals surface area contributed by atoms with E-state index in [1.165, 1.54) is 5.56 Å². The number of carbonyl (C=O) groups is 1. The van der Waals surface area contributed by atoms with E-state index in [9.17, 15) is 4.79 Å². The normalized spacial score (nSPS) is 15.2. The lowest BCUT2D eigenvalue weighted by Gasteiger charge is -2.32. The van der Waals surface area contributed by atoms with Crippen molar-refractivity contribution in [3.8, 4) is 0 Å². The van der Waals surface area contributed by atoms with Crippen molar-refractivity contribution in [1.82, 2.24) is 24.2 Å². The van der Waals surface area contributed by atoms with Gasteiger partial charge in [0.05, 0.1) is 24.8 Å². The Hall–Kier alpha value is -3.09. The van der Waals surface area contributed by atoms with Gasteiger partial charge in [0.15, 0.2) is 0 Å². The molecule has 1 aromatic carbocycles. The van der Waals surface area contributed by atoms with Crippen molar-refractivity contribution >= 4 is 11.7 Å². The summed E-state index contributed by atoms with van der Waals surface area (Å²) in [5.41, 5.74) is 1.90. The number of rotatable bonds is 4. The average Bonchev–Trinajstić information content (AvgIpc) is 3.35. The summed E-state index contributed by atoms with van der Waals surface area (Å²) < 4.78 is 3.96. The molecule has 1 aliphatic rings. The number of nitrogens with one attached hydrogen (secondary N) is 1. The van der Waals surface area contributed by atoms with E-state index >= 15 is 0 Å². The predicted molar refractivity (Wildman–Crippen MR) is 98.9 cm³/mol. The van der Waals surface area contributed by atoms with Gasteiger partial charge in [-0.25, -0.2) is 9.78 Å². The van der Waals surface area contributed by atoms with E-state index < -0.39 is 0 Å². The van der Waals surface area contributed by atoms with E-state index in [0.29, 0.717) is 12.6 Å². The maximum atomic E-state index is 12.5. The van der Waals surface area contributed by atoms with Crippen molar-refractivity contribution in [3.63, 3.8) is 0 Å². The number of likely N-dealkylation sites (tertiary alicyclic amines) is 1. The van der Waals surface area contributed by atoms with Crippen molar-refractivity contribution in [2.24, 2.45) is 0 Å². The van der Waals surface area contributed by atoms with Gasteiger partial charge < -0.3 is 14.8 Å². The molecule has 0 aliphatic carbocycles. The molecule has 1 fully saturated rings. The summed E-state index contributed by atoms with van der Waals surface area (Å²) in [6.07, 6.45) is 11.1. The van der Waals surface area contributed by atoms with E-state index in [4.69, 9.17) is 0 Å². The molecule has 1 saturated heterocycles. The molecule has 1 aliphatic heterocycles. The molecule has 0 saturated carbocycles. The number of carbonyl (C=O) groups excluding carboxylic acids is 1. The van der Waals surface area contributed by atoms with Crippen molar-refractivity contribution in [3.05, 3.63) is 67.0 Å². The third kappa shape index (κ3) is 3.77. The quantitative estimate of drug-likeness (QED) is 0.786. The Morgan fingerprint density at radius 1 is 1.19 bits per heavy atom. The van der Waals surface area contributed by atoms with Crippen molar-refractivity contribution < 1.29 is 4.79 Å². The minimum Gasteiger partial charge on any atom is -0.334 e. The van der Waals surface area contributed by atoms with Crippen LogP contribution in [0, 0.1) is 0 Å². The topological polar surface area (TPSA) is 68.0 Å². The van der Waals surface area contributed by atoms with Crippen LogP contribution in [0.4, 0.5) is 10.5 Å². The van der Waals surface area contributed by atoms with Crippen LogP contribution in [0.25, 0.3) is 0 Å². The minimum absolute atomic E-state index is 0.0617. The molecule has 134 valence electrons. The molecular formula is C19H22N6O. The van der Waals surface area contributed by atoms with Gasteiger partial charge >= 0.3 is 6.03 Å². The van der Waals surface area contributed by atoms with Crippen LogP contribution in [0.15, 0.2) is 61.4 Å². The smallest absolute Gasteiger partial charge is 0.321 e. The zero-order valence-electron chi connectivity index (χ0n) is 14.5. The predicted octanol–water partition coefficient (Wildman–Crippen LogP) is 3.00. The number of amides is 2. The fourth-order valence-electron chi connectivity index (χ4n) is 3.34. The summed E-state index contributed by atoms with van der Waals surface area (Å²) in [7, 11) is 0. The van der Waals surface area contributed by atoms with Gasteiger partial charge in [-0.2, -0.15) is 5.10 Å². The minimum atomic E-state index is -0.0617. The maximum Gasteiger partial charge on any atom is 0.321 e. The lowest BCUT2D eigenvalue weighted by atomic mass is 10.1. The summed E-state index contributed by atoms with van der Waals surface area (Å²) in [6, 6.07) is 10.5. The molecule has 4 rings (SSSR count). The molecule has 7 heteroatoms. The third-order valence-electron chi connectivity index (χ3n) is 4.77. The van der Waals surface area contributed by atoms with E-state index in [-0.39, 0.29) is 6.03 Å². The molecule has 3 aromatic rings. The van der Waals surface area contributed by atoms with Gasteiger partial charge in [0.1, 0.15) is 0 Å². The first-order valence-corrected chi connectivity index (χ1v) is 8.88. The van der Waals surface area contributed by atoms with Gasteiger partial charge in [0.2, 0.25) is 0 Å². The number of urea groups is 1. The van der Waals surface area contributed by atoms with E-state index in [1.54, 1.807) is 12.4 Å². The lowest BCUT2D eigenvalue weighted by Crippen LogP contribution is -2.41. The highest BCUT2D eigenvalue weighted by Crippen LogP contribution is 2.22. The summed E-state index contributed by atoms with van der Waals surface area (Å²) in [5.74, 6) is 0. The highest BCUT2D eigenvalue weighted by atomic mass is 16.2.